The van der Waals surface area contributed by atoms with E-state index in [1.807, 2.05) is 49.1 Å². The zero-order valence-corrected chi connectivity index (χ0v) is 19.8. The van der Waals surface area contributed by atoms with Crippen molar-refractivity contribution in [3.63, 3.8) is 0 Å². The third-order valence-electron chi connectivity index (χ3n) is 7.07. The summed E-state index contributed by atoms with van der Waals surface area (Å²) in [5.41, 5.74) is 3.67. The molecule has 1 atom stereocenters. The molecule has 3 heterocycles. The molecule has 2 aliphatic heterocycles. The quantitative estimate of drug-likeness (QED) is 0.720. The van der Waals surface area contributed by atoms with Gasteiger partial charge < -0.3 is 19.1 Å². The molecule has 172 valence electrons. The fraction of sp³-hybridized carbons (Fsp3) is 0.538. The molecule has 2 aromatic rings. The van der Waals surface area contributed by atoms with Crippen LogP contribution < -0.4 is 4.74 Å². The standard InChI is InChI=1S/C26H35N3O3/c1-18-7-6-12-28(17-18)25(30)21-10-13-27(14-11-21)26(31)24-15-19(2)29(20(24)3)22-8-5-9-23(16-22)32-4/h5,8-9,15-16,18,21H,6-7,10-14,17H2,1-4H3. The normalized spacial score (nSPS) is 19.8. The molecule has 2 aliphatic rings. The second kappa shape index (κ2) is 9.39. The lowest BCUT2D eigenvalue weighted by atomic mass is 9.92. The van der Waals surface area contributed by atoms with Gasteiger partial charge in [0.2, 0.25) is 5.91 Å². The van der Waals surface area contributed by atoms with Gasteiger partial charge in [0, 0.05) is 55.2 Å². The van der Waals surface area contributed by atoms with Crippen LogP contribution in [0.4, 0.5) is 0 Å². The summed E-state index contributed by atoms with van der Waals surface area (Å²) in [7, 11) is 1.66. The van der Waals surface area contributed by atoms with E-state index in [2.05, 4.69) is 16.4 Å². The summed E-state index contributed by atoms with van der Waals surface area (Å²) < 4.78 is 7.47. The number of carbonyl (C=O) groups excluding carboxylic acids is 2. The summed E-state index contributed by atoms with van der Waals surface area (Å²) in [5, 5.41) is 0. The smallest absolute Gasteiger partial charge is 0.255 e. The summed E-state index contributed by atoms with van der Waals surface area (Å²) in [5.74, 6) is 1.78. The summed E-state index contributed by atoms with van der Waals surface area (Å²) in [6.45, 7) is 9.29. The van der Waals surface area contributed by atoms with Gasteiger partial charge in [-0.2, -0.15) is 0 Å². The molecule has 0 radical (unpaired) electrons. The first-order chi connectivity index (χ1) is 15.4. The number of benzene rings is 1. The number of nitrogens with zero attached hydrogens (tertiary/aromatic N) is 3. The van der Waals surface area contributed by atoms with Crippen LogP contribution in [0.1, 0.15) is 54.4 Å². The van der Waals surface area contributed by atoms with E-state index in [4.69, 9.17) is 4.74 Å². The Bertz CT molecular complexity index is 988. The molecule has 6 heteroatoms. The van der Waals surface area contributed by atoms with Crippen molar-refractivity contribution in [1.29, 1.82) is 0 Å². The summed E-state index contributed by atoms with van der Waals surface area (Å²) in [6, 6.07) is 9.85. The lowest BCUT2D eigenvalue weighted by Crippen LogP contribution is -2.47. The Labute approximate surface area is 191 Å². The second-order valence-electron chi connectivity index (χ2n) is 9.42. The lowest BCUT2D eigenvalue weighted by Gasteiger charge is -2.37. The molecule has 4 rings (SSSR count). The molecule has 0 N–H and O–H groups in total. The summed E-state index contributed by atoms with van der Waals surface area (Å²) in [6.07, 6.45) is 3.83. The van der Waals surface area contributed by atoms with E-state index in [9.17, 15) is 9.59 Å². The molecule has 0 saturated carbocycles. The fourth-order valence-electron chi connectivity index (χ4n) is 5.27. The third-order valence-corrected chi connectivity index (χ3v) is 7.07. The van der Waals surface area contributed by atoms with Crippen LogP contribution in [-0.2, 0) is 4.79 Å². The van der Waals surface area contributed by atoms with Crippen molar-refractivity contribution in [3.8, 4) is 11.4 Å². The van der Waals surface area contributed by atoms with Crippen LogP contribution in [0.15, 0.2) is 30.3 Å². The number of hydrogen-bond donors (Lipinski definition) is 0. The highest BCUT2D eigenvalue weighted by Crippen LogP contribution is 2.27. The average molecular weight is 438 g/mol. The van der Waals surface area contributed by atoms with Crippen molar-refractivity contribution in [2.45, 2.75) is 46.5 Å². The Morgan fingerprint density at radius 3 is 2.44 bits per heavy atom. The van der Waals surface area contributed by atoms with Crippen LogP contribution in [0, 0.1) is 25.7 Å². The number of aryl methyl sites for hydroxylation is 1. The fourth-order valence-corrected chi connectivity index (χ4v) is 5.27. The van der Waals surface area contributed by atoms with Crippen LogP contribution in [-0.4, -0.2) is 59.5 Å². The van der Waals surface area contributed by atoms with Gasteiger partial charge in [0.15, 0.2) is 0 Å². The van der Waals surface area contributed by atoms with Gasteiger partial charge in [-0.3, -0.25) is 9.59 Å². The van der Waals surface area contributed by atoms with Crippen molar-refractivity contribution in [1.82, 2.24) is 14.4 Å². The minimum atomic E-state index is 0.0496. The monoisotopic (exact) mass is 437 g/mol. The number of methoxy groups -OCH3 is 1. The van der Waals surface area contributed by atoms with Gasteiger partial charge in [0.1, 0.15) is 5.75 Å². The van der Waals surface area contributed by atoms with E-state index in [0.717, 1.165) is 60.7 Å². The van der Waals surface area contributed by atoms with Crippen molar-refractivity contribution in [2.24, 2.45) is 11.8 Å². The van der Waals surface area contributed by atoms with Crippen molar-refractivity contribution in [2.75, 3.05) is 33.3 Å². The highest BCUT2D eigenvalue weighted by Gasteiger charge is 2.32. The number of ether oxygens (including phenoxy) is 1. The van der Waals surface area contributed by atoms with Gasteiger partial charge in [-0.1, -0.05) is 13.0 Å². The van der Waals surface area contributed by atoms with Crippen molar-refractivity contribution < 1.29 is 14.3 Å². The minimum Gasteiger partial charge on any atom is -0.497 e. The van der Waals surface area contributed by atoms with Gasteiger partial charge >= 0.3 is 0 Å². The van der Waals surface area contributed by atoms with Gasteiger partial charge in [0.05, 0.1) is 12.7 Å². The highest BCUT2D eigenvalue weighted by molar-refractivity contribution is 5.96. The summed E-state index contributed by atoms with van der Waals surface area (Å²) >= 11 is 0. The van der Waals surface area contributed by atoms with Gasteiger partial charge in [-0.05, 0) is 63.6 Å². The largest absolute Gasteiger partial charge is 0.497 e. The Hall–Kier alpha value is -2.76. The molecular formula is C26H35N3O3. The molecule has 0 aliphatic carbocycles. The maximum absolute atomic E-state index is 13.4. The number of carbonyl (C=O) groups is 2. The van der Waals surface area contributed by atoms with E-state index < -0.39 is 0 Å². The zero-order valence-electron chi connectivity index (χ0n) is 19.8. The maximum atomic E-state index is 13.4. The lowest BCUT2D eigenvalue weighted by molar-refractivity contribution is -0.138. The minimum absolute atomic E-state index is 0.0496. The number of amides is 2. The number of rotatable bonds is 4. The Morgan fingerprint density at radius 2 is 1.75 bits per heavy atom. The molecule has 0 bridgehead atoms. The predicted molar refractivity (Wildman–Crippen MR) is 125 cm³/mol. The number of piperidine rings is 2. The molecule has 2 amide bonds. The topological polar surface area (TPSA) is 54.8 Å². The van der Waals surface area contributed by atoms with Crippen LogP contribution in [0.2, 0.25) is 0 Å². The van der Waals surface area contributed by atoms with Crippen LogP contribution in [0.5, 0.6) is 5.75 Å². The van der Waals surface area contributed by atoms with Crippen LogP contribution in [0.25, 0.3) is 5.69 Å². The van der Waals surface area contributed by atoms with E-state index in [-0.39, 0.29) is 11.8 Å². The third kappa shape index (κ3) is 4.41. The Balaban J connectivity index is 1.44. The first-order valence-electron chi connectivity index (χ1n) is 11.8. The Morgan fingerprint density at radius 1 is 1.00 bits per heavy atom. The summed E-state index contributed by atoms with van der Waals surface area (Å²) in [4.78, 5) is 30.3. The molecule has 32 heavy (non-hydrogen) atoms. The van der Waals surface area contributed by atoms with Crippen LogP contribution >= 0.6 is 0 Å². The SMILES string of the molecule is COc1cccc(-n2c(C)cc(C(=O)N3CCC(C(=O)N4CCCC(C)C4)CC3)c2C)c1. The number of hydrogen-bond acceptors (Lipinski definition) is 3. The molecule has 1 aromatic heterocycles. The maximum Gasteiger partial charge on any atom is 0.255 e. The van der Waals surface area contributed by atoms with E-state index in [0.29, 0.717) is 24.9 Å². The predicted octanol–water partition coefficient (Wildman–Crippen LogP) is 4.21. The van der Waals surface area contributed by atoms with Crippen molar-refractivity contribution >= 4 is 11.8 Å². The van der Waals surface area contributed by atoms with Gasteiger partial charge in [0.25, 0.3) is 5.91 Å². The van der Waals surface area contributed by atoms with Crippen LogP contribution in [0.3, 0.4) is 0 Å². The molecule has 1 unspecified atom stereocenters. The van der Waals surface area contributed by atoms with Gasteiger partial charge in [-0.25, -0.2) is 0 Å². The molecular weight excluding hydrogens is 402 g/mol. The van der Waals surface area contributed by atoms with E-state index >= 15 is 0 Å². The average Bonchev–Trinajstić information content (AvgIpc) is 3.12. The molecule has 2 fully saturated rings. The number of aromatic nitrogens is 1. The number of likely N-dealkylation sites (tertiary alicyclic amines) is 2. The molecule has 0 spiro atoms. The highest BCUT2D eigenvalue weighted by atomic mass is 16.5. The molecule has 6 nitrogen and oxygen atoms in total. The first-order valence-corrected chi connectivity index (χ1v) is 11.8. The van der Waals surface area contributed by atoms with Gasteiger partial charge in [-0.15, -0.1) is 0 Å². The van der Waals surface area contributed by atoms with Crippen molar-refractivity contribution in [3.05, 3.63) is 47.3 Å². The zero-order chi connectivity index (χ0) is 22.8. The molecule has 1 aromatic carbocycles. The van der Waals surface area contributed by atoms with E-state index in [1.54, 1.807) is 7.11 Å². The first kappa shape index (κ1) is 22.4. The Kier molecular flexibility index (Phi) is 6.58. The second-order valence-corrected chi connectivity index (χ2v) is 9.42. The molecule has 2 saturated heterocycles. The van der Waals surface area contributed by atoms with E-state index in [1.165, 1.54) is 6.42 Å².